The molecule has 2 aromatic rings. The Morgan fingerprint density at radius 1 is 1.27 bits per heavy atom. The van der Waals surface area contributed by atoms with Gasteiger partial charge in [0.2, 0.25) is 11.7 Å². The predicted molar refractivity (Wildman–Crippen MR) is 144 cm³/mol. The van der Waals surface area contributed by atoms with Crippen molar-refractivity contribution in [1.29, 1.82) is 0 Å². The van der Waals surface area contributed by atoms with Gasteiger partial charge < -0.3 is 20.8 Å². The van der Waals surface area contributed by atoms with Gasteiger partial charge in [0.15, 0.2) is 0 Å². The zero-order chi connectivity index (χ0) is 27.5. The zero-order valence-electron chi connectivity index (χ0n) is 21.6. The molecule has 1 aliphatic carbocycles. The van der Waals surface area contributed by atoms with Gasteiger partial charge in [-0.15, -0.1) is 10.2 Å². The summed E-state index contributed by atoms with van der Waals surface area (Å²) in [6.45, 7) is 2.15. The van der Waals surface area contributed by atoms with Gasteiger partial charge in [0.1, 0.15) is 5.82 Å². The molecule has 1 heterocycles. The van der Waals surface area contributed by atoms with E-state index in [1.807, 2.05) is 0 Å². The van der Waals surface area contributed by atoms with E-state index in [4.69, 9.17) is 4.42 Å². The lowest BCUT2D eigenvalue weighted by atomic mass is 9.83. The molecule has 0 aliphatic heterocycles. The minimum atomic E-state index is -0.808. The number of hydrogen-bond donors (Lipinski definition) is 3. The second-order valence-electron chi connectivity index (χ2n) is 8.60. The third-order valence-corrected chi connectivity index (χ3v) is 6.68. The Morgan fingerprint density at radius 3 is 2.59 bits per heavy atom. The van der Waals surface area contributed by atoms with Gasteiger partial charge in [0, 0.05) is 18.2 Å². The SMILES string of the molecule is CCC(NC(=O)[C@@H]1CCCC[C@@H]1NC(=O)c1ccc(F)cc1CN(C)P)C(=O)c1nnc(SC)o1.CN. The summed E-state index contributed by atoms with van der Waals surface area (Å²) in [5, 5.41) is 13.6. The summed E-state index contributed by atoms with van der Waals surface area (Å²) in [5.41, 5.74) is 5.42. The largest absolute Gasteiger partial charge is 0.408 e. The molecule has 0 bridgehead atoms. The van der Waals surface area contributed by atoms with E-state index in [9.17, 15) is 18.8 Å². The molecule has 13 heteroatoms. The van der Waals surface area contributed by atoms with Crippen LogP contribution in [0.3, 0.4) is 0 Å². The first kappa shape index (κ1) is 30.8. The monoisotopic (exact) mass is 554 g/mol. The number of nitrogens with one attached hydrogen (secondary N) is 2. The third-order valence-electron chi connectivity index (χ3n) is 5.98. The molecule has 1 fully saturated rings. The van der Waals surface area contributed by atoms with Crippen LogP contribution in [0.4, 0.5) is 4.39 Å². The van der Waals surface area contributed by atoms with E-state index < -0.39 is 29.6 Å². The number of thioether (sulfide) groups is 1. The smallest absolute Gasteiger partial charge is 0.286 e. The van der Waals surface area contributed by atoms with E-state index in [1.54, 1.807) is 24.9 Å². The summed E-state index contributed by atoms with van der Waals surface area (Å²) in [7, 11) is 5.79. The van der Waals surface area contributed by atoms with Crippen molar-refractivity contribution in [2.24, 2.45) is 11.7 Å². The lowest BCUT2D eigenvalue weighted by molar-refractivity contribution is -0.127. The summed E-state index contributed by atoms with van der Waals surface area (Å²) < 4.78 is 20.9. The Bertz CT molecular complexity index is 1070. The molecule has 0 saturated heterocycles. The van der Waals surface area contributed by atoms with Crippen LogP contribution in [0.25, 0.3) is 0 Å². The number of carbonyl (C=O) groups is 3. The number of hydrogen-bond acceptors (Lipinski definition) is 9. The number of carbonyl (C=O) groups excluding carboxylic acids is 3. The van der Waals surface area contributed by atoms with Crippen LogP contribution in [0.15, 0.2) is 27.8 Å². The third kappa shape index (κ3) is 8.56. The fraction of sp³-hybridized carbons (Fsp3) is 0.542. The van der Waals surface area contributed by atoms with Gasteiger partial charge in [0.25, 0.3) is 17.0 Å². The maximum Gasteiger partial charge on any atom is 0.286 e. The number of ketones is 1. The molecule has 2 unspecified atom stereocenters. The summed E-state index contributed by atoms with van der Waals surface area (Å²) in [5.74, 6) is -2.15. The number of aromatic nitrogens is 2. The van der Waals surface area contributed by atoms with E-state index in [0.717, 1.165) is 12.8 Å². The minimum absolute atomic E-state index is 0.141. The average Bonchev–Trinajstić information content (AvgIpc) is 3.37. The molecular weight excluding hydrogens is 518 g/mol. The van der Waals surface area contributed by atoms with E-state index in [1.165, 1.54) is 37.0 Å². The standard InChI is InChI=1S/C23H31FN5O4PS.CH5N/c1-4-17(19(30)22-27-28-23(33-22)35-3)25-21(32)16-7-5-6-8-18(16)26-20(31)15-10-9-14(24)11-13(15)12-29(2)34;1-2/h9-11,16-18H,4-8,12,34H2,1-3H3,(H,25,32)(H,26,31);2H2,1H3/t16-,17?,18+;/m1./s1. The number of nitrogens with zero attached hydrogens (tertiary/aromatic N) is 3. The van der Waals surface area contributed by atoms with E-state index in [0.29, 0.717) is 36.9 Å². The quantitative estimate of drug-likeness (QED) is 0.229. The normalized spacial score (nSPS) is 17.9. The van der Waals surface area contributed by atoms with Crippen molar-refractivity contribution in [1.82, 2.24) is 25.5 Å². The summed E-state index contributed by atoms with van der Waals surface area (Å²) in [6.07, 6.45) is 5.04. The maximum atomic E-state index is 13.8. The molecule has 204 valence electrons. The molecule has 0 radical (unpaired) electrons. The predicted octanol–water partition coefficient (Wildman–Crippen LogP) is 2.79. The number of Topliss-reactive ketones (excluding diaryl/α,β-unsaturated/α-hetero) is 1. The molecule has 1 aliphatic rings. The van der Waals surface area contributed by atoms with Crippen LogP contribution in [-0.2, 0) is 11.3 Å². The molecule has 1 aromatic heterocycles. The number of halogens is 1. The van der Waals surface area contributed by atoms with Gasteiger partial charge in [0.05, 0.1) is 12.0 Å². The highest BCUT2D eigenvalue weighted by molar-refractivity contribution is 7.98. The Hall–Kier alpha value is -2.40. The highest BCUT2D eigenvalue weighted by Crippen LogP contribution is 2.26. The minimum Gasteiger partial charge on any atom is -0.408 e. The Morgan fingerprint density at radius 2 is 1.97 bits per heavy atom. The van der Waals surface area contributed by atoms with Crippen LogP contribution in [0.5, 0.6) is 0 Å². The second kappa shape index (κ2) is 15.1. The molecule has 3 rings (SSSR count). The van der Waals surface area contributed by atoms with Crippen LogP contribution in [0, 0.1) is 11.7 Å². The van der Waals surface area contributed by atoms with Gasteiger partial charge in [-0.2, -0.15) is 0 Å². The summed E-state index contributed by atoms with van der Waals surface area (Å²) in [4.78, 5) is 39.1. The molecule has 2 amide bonds. The molecule has 1 aromatic carbocycles. The highest BCUT2D eigenvalue weighted by atomic mass is 32.2. The average molecular weight is 555 g/mol. The van der Waals surface area contributed by atoms with Crippen molar-refractivity contribution >= 4 is 38.8 Å². The first-order chi connectivity index (χ1) is 17.7. The first-order valence-electron chi connectivity index (χ1n) is 12.1. The summed E-state index contributed by atoms with van der Waals surface area (Å²) in [6, 6.07) is 2.85. The van der Waals surface area contributed by atoms with E-state index in [2.05, 4.69) is 36.0 Å². The lowest BCUT2D eigenvalue weighted by Gasteiger charge is -2.32. The number of nitrogens with two attached hydrogens (primary N) is 1. The Labute approximate surface area is 223 Å². The lowest BCUT2D eigenvalue weighted by Crippen LogP contribution is -2.51. The molecule has 4 atom stereocenters. The molecule has 0 spiro atoms. The van der Waals surface area contributed by atoms with Crippen molar-refractivity contribution in [3.8, 4) is 0 Å². The molecule has 10 nitrogen and oxygen atoms in total. The summed E-state index contributed by atoms with van der Waals surface area (Å²) >= 11 is 1.23. The van der Waals surface area contributed by atoms with Crippen molar-refractivity contribution in [3.05, 3.63) is 41.0 Å². The van der Waals surface area contributed by atoms with Gasteiger partial charge in [-0.05, 0) is 63.4 Å². The van der Waals surface area contributed by atoms with Gasteiger partial charge >= 0.3 is 0 Å². The molecule has 1 saturated carbocycles. The van der Waals surface area contributed by atoms with Crippen molar-refractivity contribution in [2.45, 2.75) is 62.9 Å². The maximum absolute atomic E-state index is 13.8. The van der Waals surface area contributed by atoms with Crippen LogP contribution in [0.2, 0.25) is 0 Å². The fourth-order valence-electron chi connectivity index (χ4n) is 4.22. The topological polar surface area (TPSA) is 143 Å². The van der Waals surface area contributed by atoms with Gasteiger partial charge in [-0.25, -0.2) is 4.39 Å². The van der Waals surface area contributed by atoms with Crippen LogP contribution >= 0.6 is 21.2 Å². The van der Waals surface area contributed by atoms with Crippen molar-refractivity contribution < 1.29 is 23.2 Å². The van der Waals surface area contributed by atoms with E-state index in [-0.39, 0.29) is 22.9 Å². The fourth-order valence-corrected chi connectivity index (χ4v) is 4.70. The van der Waals surface area contributed by atoms with Crippen molar-refractivity contribution in [2.75, 3.05) is 20.4 Å². The molecule has 4 N–H and O–H groups in total. The van der Waals surface area contributed by atoms with Gasteiger partial charge in [-0.3, -0.25) is 19.1 Å². The van der Waals surface area contributed by atoms with Crippen molar-refractivity contribution in [3.63, 3.8) is 0 Å². The Balaban J connectivity index is 0.00000235. The van der Waals surface area contributed by atoms with Crippen LogP contribution in [0.1, 0.15) is 65.6 Å². The molecular formula is C24H36FN6O4PS. The highest BCUT2D eigenvalue weighted by Gasteiger charge is 2.35. The number of amides is 2. The Kier molecular flexibility index (Phi) is 12.6. The second-order valence-corrected chi connectivity index (χ2v) is 10.2. The van der Waals surface area contributed by atoms with Crippen LogP contribution < -0.4 is 16.4 Å². The van der Waals surface area contributed by atoms with Crippen LogP contribution in [-0.4, -0.2) is 64.9 Å². The van der Waals surface area contributed by atoms with Gasteiger partial charge in [-0.1, -0.05) is 40.9 Å². The number of rotatable bonds is 10. The number of benzene rings is 1. The first-order valence-corrected chi connectivity index (χ1v) is 13.8. The zero-order valence-corrected chi connectivity index (χ0v) is 23.6. The molecule has 37 heavy (non-hydrogen) atoms. The van der Waals surface area contributed by atoms with E-state index >= 15 is 0 Å².